The zero-order chi connectivity index (χ0) is 18.5. The Morgan fingerprint density at radius 1 is 1.23 bits per heavy atom. The summed E-state index contributed by atoms with van der Waals surface area (Å²) in [5.41, 5.74) is 3.67. The predicted octanol–water partition coefficient (Wildman–Crippen LogP) is 3.01. The fraction of sp³-hybridized carbons (Fsp3) is 0.250. The Kier molecular flexibility index (Phi) is 5.31. The van der Waals surface area contributed by atoms with Crippen molar-refractivity contribution in [3.63, 3.8) is 0 Å². The lowest BCUT2D eigenvalue weighted by molar-refractivity contribution is 0.0780. The lowest BCUT2D eigenvalue weighted by atomic mass is 10.1. The van der Waals surface area contributed by atoms with Crippen molar-refractivity contribution in [3.05, 3.63) is 77.6 Å². The highest BCUT2D eigenvalue weighted by atomic mass is 16.2. The molecule has 0 saturated heterocycles. The van der Waals surface area contributed by atoms with Gasteiger partial charge in [-0.05, 0) is 36.2 Å². The number of carbonyl (C=O) groups excluding carboxylic acids is 1. The SMILES string of the molecule is Cc1c(NCc2cccnc2)cccc1C(=O)N(C)Cc1nccn1C. The van der Waals surface area contributed by atoms with Crippen molar-refractivity contribution in [2.24, 2.45) is 7.05 Å². The van der Waals surface area contributed by atoms with Gasteiger partial charge >= 0.3 is 0 Å². The number of rotatable bonds is 6. The van der Waals surface area contributed by atoms with Gasteiger partial charge in [0.05, 0.1) is 6.54 Å². The molecule has 6 nitrogen and oxygen atoms in total. The summed E-state index contributed by atoms with van der Waals surface area (Å²) < 4.78 is 1.92. The first kappa shape index (κ1) is 17.7. The highest BCUT2D eigenvalue weighted by Gasteiger charge is 2.17. The molecule has 3 rings (SSSR count). The van der Waals surface area contributed by atoms with Crippen LogP contribution in [-0.4, -0.2) is 32.4 Å². The normalized spacial score (nSPS) is 10.6. The molecule has 0 aliphatic carbocycles. The fourth-order valence-corrected chi connectivity index (χ4v) is 2.80. The van der Waals surface area contributed by atoms with Crippen LogP contribution in [0.1, 0.15) is 27.3 Å². The zero-order valence-corrected chi connectivity index (χ0v) is 15.3. The van der Waals surface area contributed by atoms with Gasteiger partial charge in [0.25, 0.3) is 5.91 Å². The molecule has 6 heteroatoms. The molecule has 1 amide bonds. The van der Waals surface area contributed by atoms with Crippen LogP contribution in [0.3, 0.4) is 0 Å². The minimum absolute atomic E-state index is 0.0180. The van der Waals surface area contributed by atoms with Gasteiger partial charge in [0.15, 0.2) is 0 Å². The number of hydrogen-bond donors (Lipinski definition) is 1. The molecule has 1 aromatic carbocycles. The summed E-state index contributed by atoms with van der Waals surface area (Å²) in [6.07, 6.45) is 7.20. The first-order valence-electron chi connectivity index (χ1n) is 8.50. The Morgan fingerprint density at radius 3 is 2.77 bits per heavy atom. The van der Waals surface area contributed by atoms with Crippen molar-refractivity contribution in [2.75, 3.05) is 12.4 Å². The van der Waals surface area contributed by atoms with Gasteiger partial charge < -0.3 is 14.8 Å². The molecule has 26 heavy (non-hydrogen) atoms. The number of pyridine rings is 1. The van der Waals surface area contributed by atoms with Crippen LogP contribution in [0.4, 0.5) is 5.69 Å². The molecule has 0 aliphatic heterocycles. The quantitative estimate of drug-likeness (QED) is 0.743. The van der Waals surface area contributed by atoms with Gasteiger partial charge in [-0.1, -0.05) is 12.1 Å². The average molecular weight is 349 g/mol. The van der Waals surface area contributed by atoms with Gasteiger partial charge in [-0.25, -0.2) is 4.98 Å². The van der Waals surface area contributed by atoms with E-state index in [1.54, 1.807) is 24.3 Å². The Hall–Kier alpha value is -3.15. The summed E-state index contributed by atoms with van der Waals surface area (Å²) in [6, 6.07) is 9.69. The third-order valence-corrected chi connectivity index (χ3v) is 4.42. The van der Waals surface area contributed by atoms with E-state index in [1.807, 2.05) is 61.3 Å². The highest BCUT2D eigenvalue weighted by Crippen LogP contribution is 2.21. The van der Waals surface area contributed by atoms with Crippen LogP contribution in [0, 0.1) is 6.92 Å². The van der Waals surface area contributed by atoms with Crippen LogP contribution in [0.2, 0.25) is 0 Å². The van der Waals surface area contributed by atoms with Gasteiger partial charge in [-0.3, -0.25) is 9.78 Å². The van der Waals surface area contributed by atoms with E-state index in [1.165, 1.54) is 0 Å². The standard InChI is InChI=1S/C20H23N5O/c1-15-17(20(26)25(3)14-19-22-10-11-24(19)2)7-4-8-18(15)23-13-16-6-5-9-21-12-16/h4-12,23H,13-14H2,1-3H3. The van der Waals surface area contributed by atoms with Crippen molar-refractivity contribution in [2.45, 2.75) is 20.0 Å². The molecule has 1 N–H and O–H groups in total. The van der Waals surface area contributed by atoms with Gasteiger partial charge in [-0.2, -0.15) is 0 Å². The Bertz CT molecular complexity index is 888. The summed E-state index contributed by atoms with van der Waals surface area (Å²) >= 11 is 0. The van der Waals surface area contributed by atoms with Crippen LogP contribution >= 0.6 is 0 Å². The summed E-state index contributed by atoms with van der Waals surface area (Å²) in [4.78, 5) is 23.0. The average Bonchev–Trinajstić information content (AvgIpc) is 3.06. The van der Waals surface area contributed by atoms with Crippen molar-refractivity contribution in [1.82, 2.24) is 19.4 Å². The lowest BCUT2D eigenvalue weighted by Gasteiger charge is -2.19. The van der Waals surface area contributed by atoms with E-state index in [4.69, 9.17) is 0 Å². The maximum absolute atomic E-state index is 12.9. The maximum atomic E-state index is 12.9. The maximum Gasteiger partial charge on any atom is 0.254 e. The predicted molar refractivity (Wildman–Crippen MR) is 102 cm³/mol. The molecule has 0 aliphatic rings. The molecular formula is C20H23N5O. The first-order chi connectivity index (χ1) is 12.6. The van der Waals surface area contributed by atoms with Gasteiger partial charge in [0.1, 0.15) is 5.82 Å². The summed E-state index contributed by atoms with van der Waals surface area (Å²) in [7, 11) is 3.72. The molecule has 0 bridgehead atoms. The number of amides is 1. The molecule has 0 atom stereocenters. The van der Waals surface area contributed by atoms with Crippen LogP contribution in [0.15, 0.2) is 55.1 Å². The van der Waals surface area contributed by atoms with E-state index in [0.29, 0.717) is 18.7 Å². The van der Waals surface area contributed by atoms with Gasteiger partial charge in [-0.15, -0.1) is 0 Å². The Labute approximate surface area is 153 Å². The van der Waals surface area contributed by atoms with E-state index in [-0.39, 0.29) is 5.91 Å². The smallest absolute Gasteiger partial charge is 0.254 e. The number of nitrogens with zero attached hydrogens (tertiary/aromatic N) is 4. The third kappa shape index (κ3) is 3.91. The van der Waals surface area contributed by atoms with Crippen molar-refractivity contribution in [3.8, 4) is 0 Å². The van der Waals surface area contributed by atoms with E-state index >= 15 is 0 Å². The number of imidazole rings is 1. The molecular weight excluding hydrogens is 326 g/mol. The molecule has 2 heterocycles. The van der Waals surface area contributed by atoms with Crippen molar-refractivity contribution < 1.29 is 4.79 Å². The molecule has 0 unspecified atom stereocenters. The summed E-state index contributed by atoms with van der Waals surface area (Å²) in [6.45, 7) is 3.10. The number of aromatic nitrogens is 3. The second-order valence-electron chi connectivity index (χ2n) is 6.31. The summed E-state index contributed by atoms with van der Waals surface area (Å²) in [5.74, 6) is 0.833. The van der Waals surface area contributed by atoms with Gasteiger partial charge in [0, 0.05) is 56.7 Å². The van der Waals surface area contributed by atoms with E-state index < -0.39 is 0 Å². The van der Waals surface area contributed by atoms with Crippen LogP contribution in [0.5, 0.6) is 0 Å². The Morgan fingerprint density at radius 2 is 2.08 bits per heavy atom. The molecule has 0 radical (unpaired) electrons. The number of anilines is 1. The molecule has 0 spiro atoms. The second-order valence-corrected chi connectivity index (χ2v) is 6.31. The van der Waals surface area contributed by atoms with E-state index in [9.17, 15) is 4.79 Å². The number of benzene rings is 1. The van der Waals surface area contributed by atoms with E-state index in [2.05, 4.69) is 15.3 Å². The number of aryl methyl sites for hydroxylation is 1. The highest BCUT2D eigenvalue weighted by molar-refractivity contribution is 5.96. The summed E-state index contributed by atoms with van der Waals surface area (Å²) in [5, 5.41) is 3.39. The number of nitrogens with one attached hydrogen (secondary N) is 1. The lowest BCUT2D eigenvalue weighted by Crippen LogP contribution is -2.28. The molecule has 0 saturated carbocycles. The molecule has 3 aromatic rings. The van der Waals surface area contributed by atoms with Gasteiger partial charge in [0.2, 0.25) is 0 Å². The van der Waals surface area contributed by atoms with Crippen LogP contribution < -0.4 is 5.32 Å². The fourth-order valence-electron chi connectivity index (χ4n) is 2.80. The first-order valence-corrected chi connectivity index (χ1v) is 8.50. The molecule has 2 aromatic heterocycles. The van der Waals surface area contributed by atoms with E-state index in [0.717, 1.165) is 22.6 Å². The third-order valence-electron chi connectivity index (χ3n) is 4.42. The minimum Gasteiger partial charge on any atom is -0.381 e. The number of carbonyl (C=O) groups is 1. The van der Waals surface area contributed by atoms with Crippen molar-refractivity contribution in [1.29, 1.82) is 0 Å². The monoisotopic (exact) mass is 349 g/mol. The number of hydrogen-bond acceptors (Lipinski definition) is 4. The van der Waals surface area contributed by atoms with Crippen LogP contribution in [0.25, 0.3) is 0 Å². The molecule has 134 valence electrons. The largest absolute Gasteiger partial charge is 0.381 e. The molecule has 0 fully saturated rings. The minimum atomic E-state index is -0.0180. The topological polar surface area (TPSA) is 63.1 Å². The second kappa shape index (κ2) is 7.82. The van der Waals surface area contributed by atoms with Crippen molar-refractivity contribution >= 4 is 11.6 Å². The Balaban J connectivity index is 1.73. The van der Waals surface area contributed by atoms with Crippen LogP contribution in [-0.2, 0) is 20.1 Å². The zero-order valence-electron chi connectivity index (χ0n) is 15.3.